The van der Waals surface area contributed by atoms with Crippen LogP contribution in [0.5, 0.6) is 11.6 Å². The third-order valence-electron chi connectivity index (χ3n) is 4.73. The molecule has 0 unspecified atom stereocenters. The van der Waals surface area contributed by atoms with Crippen LogP contribution in [0.3, 0.4) is 0 Å². The highest BCUT2D eigenvalue weighted by Crippen LogP contribution is 2.38. The van der Waals surface area contributed by atoms with E-state index in [-0.39, 0.29) is 6.10 Å². The molecule has 7 heteroatoms. The molecule has 0 amide bonds. The Morgan fingerprint density at radius 2 is 1.86 bits per heavy atom. The molecule has 0 spiro atoms. The summed E-state index contributed by atoms with van der Waals surface area (Å²) in [5.74, 6) is 2.47. The predicted octanol–water partition coefficient (Wildman–Crippen LogP) is 6.82. The van der Waals surface area contributed by atoms with E-state index in [1.807, 2.05) is 7.05 Å². The molecule has 0 aliphatic carbocycles. The van der Waals surface area contributed by atoms with Crippen LogP contribution >= 0.6 is 30.4 Å². The molecule has 2 aromatic rings. The molecule has 0 atom stereocenters. The molecule has 0 saturated carbocycles. The molecule has 154 valence electrons. The fraction of sp³-hybridized carbons (Fsp3) is 0.524. The number of rotatable bonds is 10. The maximum atomic E-state index is 6.22. The maximum Gasteiger partial charge on any atom is 0.238 e. The Bertz CT molecular complexity index is 782. The third-order valence-corrected chi connectivity index (χ3v) is 5.49. The number of hydrogen-bond donors (Lipinski definition) is 1. The number of halogens is 1. The van der Waals surface area contributed by atoms with E-state index < -0.39 is 0 Å². The number of anilines is 1. The number of aromatic nitrogens is 2. The van der Waals surface area contributed by atoms with Gasteiger partial charge in [0.05, 0.1) is 17.4 Å². The number of pyridine rings is 2. The van der Waals surface area contributed by atoms with Crippen LogP contribution < -0.4 is 14.2 Å². The van der Waals surface area contributed by atoms with E-state index in [9.17, 15) is 0 Å². The zero-order chi connectivity index (χ0) is 20.7. The summed E-state index contributed by atoms with van der Waals surface area (Å²) in [5, 5.41) is 3.19. The summed E-state index contributed by atoms with van der Waals surface area (Å²) in [7, 11) is 3.14. The second-order valence-electron chi connectivity index (χ2n) is 6.89. The lowest BCUT2D eigenvalue weighted by Gasteiger charge is -2.20. The summed E-state index contributed by atoms with van der Waals surface area (Å²) in [6.07, 6.45) is 2.96. The average Bonchev–Trinajstić information content (AvgIpc) is 2.71. The van der Waals surface area contributed by atoms with Gasteiger partial charge in [-0.05, 0) is 48.9 Å². The molecule has 5 nitrogen and oxygen atoms in total. The molecule has 0 bridgehead atoms. The topological polar surface area (TPSA) is 56.3 Å². The van der Waals surface area contributed by atoms with Crippen molar-refractivity contribution < 1.29 is 8.92 Å². The zero-order valence-electron chi connectivity index (χ0n) is 17.5. The first-order valence-electron chi connectivity index (χ1n) is 9.83. The lowest BCUT2D eigenvalue weighted by atomic mass is 10.0. The minimum Gasteiger partial charge on any atom is -0.487 e. The van der Waals surface area contributed by atoms with Crippen molar-refractivity contribution >= 4 is 36.2 Å². The molecule has 0 aromatic carbocycles. The van der Waals surface area contributed by atoms with Gasteiger partial charge in [0, 0.05) is 33.9 Å². The van der Waals surface area contributed by atoms with Crippen molar-refractivity contribution in [3.63, 3.8) is 0 Å². The van der Waals surface area contributed by atoms with E-state index in [1.165, 1.54) is 9.21 Å². The second-order valence-corrected chi connectivity index (χ2v) is 8.26. The molecular weight excluding hydrogens is 485 g/mol. The third kappa shape index (κ3) is 5.43. The van der Waals surface area contributed by atoms with Gasteiger partial charge in [0.15, 0.2) is 11.6 Å². The van der Waals surface area contributed by atoms with Crippen molar-refractivity contribution in [1.29, 1.82) is 0 Å². The van der Waals surface area contributed by atoms with Gasteiger partial charge in [0.25, 0.3) is 0 Å². The molecule has 2 aromatic heterocycles. The first-order chi connectivity index (χ1) is 13.5. The Morgan fingerprint density at radius 1 is 1.14 bits per heavy atom. The SMILES string of the molecule is CCc1cc(OC(CC)CC)c(NC)nc1-c1ccc(C(C)C)nc1OSI. The minimum atomic E-state index is 0.186. The van der Waals surface area contributed by atoms with E-state index in [1.54, 1.807) is 0 Å². The summed E-state index contributed by atoms with van der Waals surface area (Å²) >= 11 is 2.12. The molecule has 2 heterocycles. The van der Waals surface area contributed by atoms with Crippen LogP contribution in [0.4, 0.5) is 5.82 Å². The Kier molecular flexibility index (Phi) is 9.14. The highest BCUT2D eigenvalue weighted by molar-refractivity contribution is 14.2. The first-order valence-corrected chi connectivity index (χ1v) is 13.1. The Labute approximate surface area is 185 Å². The van der Waals surface area contributed by atoms with Gasteiger partial charge >= 0.3 is 0 Å². The highest BCUT2D eigenvalue weighted by atomic mass is 127. The molecule has 28 heavy (non-hydrogen) atoms. The van der Waals surface area contributed by atoms with E-state index in [4.69, 9.17) is 18.9 Å². The van der Waals surface area contributed by atoms with Crippen molar-refractivity contribution in [3.05, 3.63) is 29.5 Å². The fourth-order valence-corrected chi connectivity index (χ4v) is 3.69. The summed E-state index contributed by atoms with van der Waals surface area (Å²) < 4.78 is 12.0. The lowest BCUT2D eigenvalue weighted by molar-refractivity contribution is 0.193. The summed E-state index contributed by atoms with van der Waals surface area (Å²) in [4.78, 5) is 9.63. The molecule has 0 aliphatic heterocycles. The van der Waals surface area contributed by atoms with Gasteiger partial charge in [-0.2, -0.15) is 0 Å². The van der Waals surface area contributed by atoms with Crippen LogP contribution in [-0.4, -0.2) is 23.1 Å². The summed E-state index contributed by atoms with van der Waals surface area (Å²) in [6.45, 7) is 10.7. The Balaban J connectivity index is 2.59. The second kappa shape index (κ2) is 11.1. The fourth-order valence-electron chi connectivity index (χ4n) is 2.99. The highest BCUT2D eigenvalue weighted by Gasteiger charge is 2.20. The standard InChI is InChI=1S/C21H30IN3O2S/c1-7-14-12-18(26-15(8-2)9-3)20(23-6)25-19(14)16-10-11-17(13(4)5)24-21(16)27-28-22/h10-13,15H,7-9H2,1-6H3,(H,23,25). The van der Waals surface area contributed by atoms with E-state index in [0.717, 1.165) is 53.3 Å². The van der Waals surface area contributed by atoms with Crippen LogP contribution in [0.2, 0.25) is 0 Å². The number of hydrogen-bond acceptors (Lipinski definition) is 6. The zero-order valence-corrected chi connectivity index (χ0v) is 20.5. The van der Waals surface area contributed by atoms with Crippen molar-refractivity contribution in [2.24, 2.45) is 0 Å². The molecule has 0 radical (unpaired) electrons. The predicted molar refractivity (Wildman–Crippen MR) is 128 cm³/mol. The van der Waals surface area contributed by atoms with Crippen LogP contribution in [0.15, 0.2) is 18.2 Å². The van der Waals surface area contributed by atoms with E-state index in [0.29, 0.717) is 11.8 Å². The molecule has 0 aliphatic rings. The summed E-state index contributed by atoms with van der Waals surface area (Å²) in [6, 6.07) is 6.22. The van der Waals surface area contributed by atoms with Crippen LogP contribution in [0.25, 0.3) is 11.3 Å². The van der Waals surface area contributed by atoms with Crippen molar-refractivity contribution in [2.75, 3.05) is 12.4 Å². The van der Waals surface area contributed by atoms with Crippen LogP contribution in [-0.2, 0) is 6.42 Å². The summed E-state index contributed by atoms with van der Waals surface area (Å²) in [5.41, 5.74) is 3.90. The number of ether oxygens (including phenoxy) is 1. The molecular formula is C21H30IN3O2S. The van der Waals surface area contributed by atoms with E-state index in [2.05, 4.69) is 79.3 Å². The van der Waals surface area contributed by atoms with Crippen molar-refractivity contribution in [1.82, 2.24) is 9.97 Å². The minimum absolute atomic E-state index is 0.186. The van der Waals surface area contributed by atoms with Gasteiger partial charge in [-0.25, -0.2) is 9.97 Å². The number of nitrogens with one attached hydrogen (secondary N) is 1. The van der Waals surface area contributed by atoms with Crippen LogP contribution in [0, 0.1) is 0 Å². The molecule has 1 N–H and O–H groups in total. The molecule has 0 fully saturated rings. The first kappa shape index (κ1) is 23.1. The monoisotopic (exact) mass is 515 g/mol. The lowest BCUT2D eigenvalue weighted by Crippen LogP contribution is -2.15. The van der Waals surface area contributed by atoms with Gasteiger partial charge in [-0.15, -0.1) is 0 Å². The molecule has 2 rings (SSSR count). The number of aryl methyl sites for hydroxylation is 1. The van der Waals surface area contributed by atoms with Crippen molar-refractivity contribution in [2.45, 2.75) is 65.9 Å². The normalized spacial score (nSPS) is 11.2. The van der Waals surface area contributed by atoms with Crippen molar-refractivity contribution in [3.8, 4) is 22.9 Å². The smallest absolute Gasteiger partial charge is 0.238 e. The van der Waals surface area contributed by atoms with Crippen LogP contribution in [0.1, 0.15) is 64.6 Å². The van der Waals surface area contributed by atoms with Gasteiger partial charge in [0.2, 0.25) is 5.88 Å². The van der Waals surface area contributed by atoms with Gasteiger partial charge < -0.3 is 14.2 Å². The Hall–Kier alpha value is -1.22. The quantitative estimate of drug-likeness (QED) is 0.277. The van der Waals surface area contributed by atoms with Gasteiger partial charge in [-0.1, -0.05) is 34.6 Å². The van der Waals surface area contributed by atoms with Gasteiger partial charge in [0.1, 0.15) is 9.21 Å². The van der Waals surface area contributed by atoms with E-state index >= 15 is 0 Å². The molecule has 0 saturated heterocycles. The average molecular weight is 515 g/mol. The van der Waals surface area contributed by atoms with Gasteiger partial charge in [-0.3, -0.25) is 0 Å². The number of nitrogens with zero attached hydrogens (tertiary/aromatic N) is 2. The maximum absolute atomic E-state index is 6.22. The Morgan fingerprint density at radius 3 is 2.39 bits per heavy atom. The largest absolute Gasteiger partial charge is 0.487 e.